The van der Waals surface area contributed by atoms with Crippen LogP contribution in [0.25, 0.3) is 20.9 Å². The molecule has 6 nitrogen and oxygen atoms in total. The first-order chi connectivity index (χ1) is 16.9. The van der Waals surface area contributed by atoms with Crippen LogP contribution in [0.2, 0.25) is 0 Å². The average molecular weight is 507 g/mol. The quantitative estimate of drug-likeness (QED) is 0.207. The summed E-state index contributed by atoms with van der Waals surface area (Å²) in [4.78, 5) is 22.4. The van der Waals surface area contributed by atoms with Crippen LogP contribution in [-0.4, -0.2) is 35.3 Å². The lowest BCUT2D eigenvalue weighted by Crippen LogP contribution is -1.99. The lowest BCUT2D eigenvalue weighted by molar-refractivity contribution is -0.136. The summed E-state index contributed by atoms with van der Waals surface area (Å²) in [5.41, 5.74) is 5.93. The highest BCUT2D eigenvalue weighted by Crippen LogP contribution is 2.42. The van der Waals surface area contributed by atoms with Crippen LogP contribution in [0, 0.1) is 13.8 Å². The number of aryl methyl sites for hydroxylation is 2. The van der Waals surface area contributed by atoms with E-state index in [1.165, 1.54) is 5.56 Å². The third kappa shape index (κ3) is 6.01. The van der Waals surface area contributed by atoms with Crippen molar-refractivity contribution in [2.75, 3.05) is 14.2 Å². The molecule has 1 N–H and O–H groups in total. The Hall–Kier alpha value is -3.36. The number of carbonyl (C=O) groups is 1. The minimum absolute atomic E-state index is 0.00830. The predicted molar refractivity (Wildman–Crippen MR) is 141 cm³/mol. The Morgan fingerprint density at radius 3 is 2.20 bits per heavy atom. The number of aliphatic carboxylic acids is 1. The summed E-state index contributed by atoms with van der Waals surface area (Å²) in [6.07, 6.45) is 0.00830. The molecule has 0 aliphatic rings. The zero-order valence-electron chi connectivity index (χ0n) is 20.0. The van der Waals surface area contributed by atoms with Crippen molar-refractivity contribution in [3.05, 3.63) is 77.1 Å². The Balaban J connectivity index is 1.71. The van der Waals surface area contributed by atoms with Crippen molar-refractivity contribution in [3.63, 3.8) is 0 Å². The van der Waals surface area contributed by atoms with Crippen molar-refractivity contribution in [2.24, 2.45) is 0 Å². The van der Waals surface area contributed by atoms with E-state index in [0.29, 0.717) is 17.3 Å². The SMILES string of the molecule is COc1ccc(-c2cc(CSc3nc(C)cc(C)n3)c(-c3ccc(CC(=O)O)cc3)s2)cc1OC. The van der Waals surface area contributed by atoms with Crippen LogP contribution >= 0.6 is 23.1 Å². The van der Waals surface area contributed by atoms with Gasteiger partial charge in [-0.3, -0.25) is 4.79 Å². The van der Waals surface area contributed by atoms with Crippen LogP contribution in [0.5, 0.6) is 11.5 Å². The van der Waals surface area contributed by atoms with E-state index in [4.69, 9.17) is 14.6 Å². The molecule has 180 valence electrons. The highest BCUT2D eigenvalue weighted by atomic mass is 32.2. The molecular formula is C27H26N2O4S2. The second-order valence-electron chi connectivity index (χ2n) is 8.02. The molecule has 0 aliphatic heterocycles. The van der Waals surface area contributed by atoms with Gasteiger partial charge in [0.1, 0.15) is 0 Å². The summed E-state index contributed by atoms with van der Waals surface area (Å²) in [7, 11) is 3.26. The molecule has 0 saturated carbocycles. The molecular weight excluding hydrogens is 480 g/mol. The smallest absolute Gasteiger partial charge is 0.307 e. The third-order valence-electron chi connectivity index (χ3n) is 5.37. The van der Waals surface area contributed by atoms with Crippen molar-refractivity contribution in [2.45, 2.75) is 31.2 Å². The van der Waals surface area contributed by atoms with E-state index in [-0.39, 0.29) is 6.42 Å². The van der Waals surface area contributed by atoms with Gasteiger partial charge in [0.25, 0.3) is 0 Å². The van der Waals surface area contributed by atoms with Crippen LogP contribution < -0.4 is 9.47 Å². The van der Waals surface area contributed by atoms with Gasteiger partial charge in [0.05, 0.1) is 20.6 Å². The number of carboxylic acid groups (broad SMARTS) is 1. The Kier molecular flexibility index (Phi) is 7.73. The summed E-state index contributed by atoms with van der Waals surface area (Å²) in [6.45, 7) is 3.95. The molecule has 2 aromatic heterocycles. The van der Waals surface area contributed by atoms with E-state index < -0.39 is 5.97 Å². The molecule has 4 rings (SSSR count). The van der Waals surface area contributed by atoms with Crippen molar-refractivity contribution in [3.8, 4) is 32.4 Å². The topological polar surface area (TPSA) is 81.5 Å². The van der Waals surface area contributed by atoms with Gasteiger partial charge in [-0.1, -0.05) is 36.0 Å². The fourth-order valence-electron chi connectivity index (χ4n) is 3.76. The van der Waals surface area contributed by atoms with Crippen molar-refractivity contribution >= 4 is 29.1 Å². The summed E-state index contributed by atoms with van der Waals surface area (Å²) >= 11 is 3.30. The summed E-state index contributed by atoms with van der Waals surface area (Å²) in [5.74, 6) is 1.23. The third-order valence-corrected chi connectivity index (χ3v) is 7.54. The standard InChI is InChI=1S/C27H26N2O4S2/c1-16-11-17(2)29-27(28-16)34-15-21-14-24(20-9-10-22(32-3)23(13-20)33-4)35-26(21)19-7-5-18(6-8-19)12-25(30)31/h5-11,13-14H,12,15H2,1-4H3,(H,30,31). The number of methoxy groups -OCH3 is 2. The first kappa shape index (κ1) is 24.8. The fraction of sp³-hybridized carbons (Fsp3) is 0.222. The molecule has 2 heterocycles. The van der Waals surface area contributed by atoms with E-state index in [0.717, 1.165) is 43.0 Å². The van der Waals surface area contributed by atoms with Crippen LogP contribution in [0.3, 0.4) is 0 Å². The van der Waals surface area contributed by atoms with Crippen LogP contribution in [0.4, 0.5) is 0 Å². The molecule has 0 bridgehead atoms. The zero-order chi connectivity index (χ0) is 24.9. The number of hydrogen-bond acceptors (Lipinski definition) is 7. The molecule has 0 amide bonds. The average Bonchev–Trinajstić information content (AvgIpc) is 3.26. The second kappa shape index (κ2) is 10.9. The number of carboxylic acids is 1. The van der Waals surface area contributed by atoms with E-state index in [9.17, 15) is 4.79 Å². The number of nitrogens with zero attached hydrogens (tertiary/aromatic N) is 2. The number of rotatable bonds is 9. The largest absolute Gasteiger partial charge is 0.493 e. The first-order valence-corrected chi connectivity index (χ1v) is 12.8. The fourth-order valence-corrected chi connectivity index (χ4v) is 5.96. The van der Waals surface area contributed by atoms with Crippen molar-refractivity contribution < 1.29 is 19.4 Å². The number of ether oxygens (including phenoxy) is 2. The Bertz CT molecular complexity index is 1330. The minimum Gasteiger partial charge on any atom is -0.493 e. The van der Waals surface area contributed by atoms with Gasteiger partial charge < -0.3 is 14.6 Å². The van der Waals surface area contributed by atoms with Crippen LogP contribution in [-0.2, 0) is 17.0 Å². The van der Waals surface area contributed by atoms with Crippen molar-refractivity contribution in [1.82, 2.24) is 9.97 Å². The lowest BCUT2D eigenvalue weighted by atomic mass is 10.1. The first-order valence-electron chi connectivity index (χ1n) is 11.0. The number of hydrogen-bond donors (Lipinski definition) is 1. The summed E-state index contributed by atoms with van der Waals surface area (Å²) < 4.78 is 10.9. The number of aromatic nitrogens is 2. The van der Waals surface area contributed by atoms with E-state index in [1.54, 1.807) is 37.3 Å². The monoisotopic (exact) mass is 506 g/mol. The maximum Gasteiger partial charge on any atom is 0.307 e. The van der Waals surface area contributed by atoms with Gasteiger partial charge >= 0.3 is 5.97 Å². The lowest BCUT2D eigenvalue weighted by Gasteiger charge is -2.08. The minimum atomic E-state index is -0.838. The highest BCUT2D eigenvalue weighted by molar-refractivity contribution is 7.98. The van der Waals surface area contributed by atoms with Crippen molar-refractivity contribution in [1.29, 1.82) is 0 Å². The maximum atomic E-state index is 11.1. The normalized spacial score (nSPS) is 10.9. The Morgan fingerprint density at radius 2 is 1.57 bits per heavy atom. The molecule has 0 fully saturated rings. The van der Waals surface area contributed by atoms with Gasteiger partial charge in [-0.25, -0.2) is 9.97 Å². The number of thioether (sulfide) groups is 1. The van der Waals surface area contributed by atoms with E-state index >= 15 is 0 Å². The summed E-state index contributed by atoms with van der Waals surface area (Å²) in [5, 5.41) is 9.85. The van der Waals surface area contributed by atoms with Crippen LogP contribution in [0.15, 0.2) is 59.8 Å². The van der Waals surface area contributed by atoms with Gasteiger partial charge in [-0.2, -0.15) is 0 Å². The van der Waals surface area contributed by atoms with Gasteiger partial charge in [0.15, 0.2) is 16.7 Å². The molecule has 0 atom stereocenters. The van der Waals surface area contributed by atoms with E-state index in [1.807, 2.05) is 62.4 Å². The van der Waals surface area contributed by atoms with E-state index in [2.05, 4.69) is 16.0 Å². The number of thiophene rings is 1. The molecule has 0 unspecified atom stereocenters. The Morgan fingerprint density at radius 1 is 0.914 bits per heavy atom. The molecule has 0 spiro atoms. The highest BCUT2D eigenvalue weighted by Gasteiger charge is 2.16. The molecule has 0 aliphatic carbocycles. The maximum absolute atomic E-state index is 11.1. The number of benzene rings is 2. The van der Waals surface area contributed by atoms with Gasteiger partial charge in [-0.05, 0) is 66.4 Å². The molecule has 4 aromatic rings. The summed E-state index contributed by atoms with van der Waals surface area (Å²) in [6, 6.07) is 17.8. The Labute approximate surface area is 213 Å². The second-order valence-corrected chi connectivity index (χ2v) is 10.0. The van der Waals surface area contributed by atoms with Gasteiger partial charge in [0.2, 0.25) is 0 Å². The molecule has 2 aromatic carbocycles. The molecule has 0 saturated heterocycles. The molecule has 35 heavy (non-hydrogen) atoms. The van der Waals surface area contributed by atoms with Crippen LogP contribution in [0.1, 0.15) is 22.5 Å². The molecule has 8 heteroatoms. The van der Waals surface area contributed by atoms with Gasteiger partial charge in [0, 0.05) is 26.9 Å². The zero-order valence-corrected chi connectivity index (χ0v) is 21.6. The predicted octanol–water partition coefficient (Wildman–Crippen LogP) is 6.43. The molecule has 0 radical (unpaired) electrons. The van der Waals surface area contributed by atoms with Gasteiger partial charge in [-0.15, -0.1) is 11.3 Å².